The third-order valence-corrected chi connectivity index (χ3v) is 7.52. The van der Waals surface area contributed by atoms with Crippen molar-refractivity contribution >= 4 is 0 Å². The van der Waals surface area contributed by atoms with Crippen molar-refractivity contribution in [1.29, 1.82) is 0 Å². The fourth-order valence-electron chi connectivity index (χ4n) is 5.48. The second kappa shape index (κ2) is 13.5. The van der Waals surface area contributed by atoms with Crippen LogP contribution in [0.25, 0.3) is 0 Å². The lowest BCUT2D eigenvalue weighted by molar-refractivity contribution is -0.149. The molecule has 6 nitrogen and oxygen atoms in total. The van der Waals surface area contributed by atoms with E-state index >= 15 is 0 Å². The van der Waals surface area contributed by atoms with Crippen LogP contribution in [-0.2, 0) is 23.7 Å². The van der Waals surface area contributed by atoms with Gasteiger partial charge in [0.25, 0.3) is 0 Å². The van der Waals surface area contributed by atoms with Gasteiger partial charge in [-0.2, -0.15) is 0 Å². The molecule has 214 valence electrons. The molecule has 3 unspecified atom stereocenters. The van der Waals surface area contributed by atoms with E-state index in [1.54, 1.807) is 0 Å². The Labute approximate surface area is 229 Å². The van der Waals surface area contributed by atoms with Gasteiger partial charge in [0.05, 0.1) is 12.7 Å². The standard InChI is InChI=1S/C32H50O6/c1-20(16-21-12-8-10-14-24(21)31(2,3)4)17-23(18-22-13-9-11-15-25(22)32(5,6)7)27(35)29(37)30(38)28(36)26(34)19-33/h8-15,20,23,26-30,33-38H,16-19H2,1-7H3/t20?,23?,26-,27?,28+,29+,30-/m0/s1. The fourth-order valence-corrected chi connectivity index (χ4v) is 5.48. The van der Waals surface area contributed by atoms with Crippen molar-refractivity contribution in [2.45, 2.75) is 109 Å². The third kappa shape index (κ3) is 8.60. The number of benzene rings is 2. The molecule has 6 N–H and O–H groups in total. The van der Waals surface area contributed by atoms with Crippen molar-refractivity contribution in [3.05, 3.63) is 70.8 Å². The van der Waals surface area contributed by atoms with Crippen LogP contribution >= 0.6 is 0 Å². The lowest BCUT2D eigenvalue weighted by Gasteiger charge is -2.35. The first-order valence-electron chi connectivity index (χ1n) is 13.8. The minimum absolute atomic E-state index is 0.00907. The Bertz CT molecular complexity index is 992. The molecule has 0 radical (unpaired) electrons. The first-order valence-corrected chi connectivity index (χ1v) is 13.8. The summed E-state index contributed by atoms with van der Waals surface area (Å²) in [5, 5.41) is 61.9. The zero-order chi connectivity index (χ0) is 28.8. The van der Waals surface area contributed by atoms with E-state index in [1.165, 1.54) is 11.1 Å². The summed E-state index contributed by atoms with van der Waals surface area (Å²) in [4.78, 5) is 0. The molecule has 0 aliphatic carbocycles. The number of hydrogen-bond acceptors (Lipinski definition) is 6. The van der Waals surface area contributed by atoms with Gasteiger partial charge in [-0.05, 0) is 64.2 Å². The Kier molecular flexibility index (Phi) is 11.5. The minimum atomic E-state index is -1.82. The van der Waals surface area contributed by atoms with Crippen LogP contribution < -0.4 is 0 Å². The van der Waals surface area contributed by atoms with Crippen molar-refractivity contribution < 1.29 is 30.6 Å². The Morgan fingerprint density at radius 2 is 1.03 bits per heavy atom. The summed E-state index contributed by atoms with van der Waals surface area (Å²) in [6.07, 6.45) is -6.45. The Hall–Kier alpha value is -1.80. The van der Waals surface area contributed by atoms with Gasteiger partial charge in [0.15, 0.2) is 0 Å². The van der Waals surface area contributed by atoms with E-state index in [4.69, 9.17) is 5.11 Å². The molecule has 0 fully saturated rings. The zero-order valence-electron chi connectivity index (χ0n) is 24.2. The van der Waals surface area contributed by atoms with Crippen molar-refractivity contribution in [2.24, 2.45) is 11.8 Å². The normalized spacial score (nSPS) is 18.3. The lowest BCUT2D eigenvalue weighted by atomic mass is 9.76. The van der Waals surface area contributed by atoms with Crippen LogP contribution in [0.5, 0.6) is 0 Å². The summed E-state index contributed by atoms with van der Waals surface area (Å²) in [7, 11) is 0. The maximum Gasteiger partial charge on any atom is 0.111 e. The van der Waals surface area contributed by atoms with Crippen LogP contribution in [0.4, 0.5) is 0 Å². The van der Waals surface area contributed by atoms with Crippen LogP contribution in [0, 0.1) is 11.8 Å². The monoisotopic (exact) mass is 530 g/mol. The smallest absolute Gasteiger partial charge is 0.111 e. The largest absolute Gasteiger partial charge is 0.394 e. The van der Waals surface area contributed by atoms with Crippen LogP contribution in [0.1, 0.15) is 77.1 Å². The van der Waals surface area contributed by atoms with Crippen molar-refractivity contribution in [3.8, 4) is 0 Å². The minimum Gasteiger partial charge on any atom is -0.394 e. The average molecular weight is 531 g/mol. The van der Waals surface area contributed by atoms with E-state index in [0.29, 0.717) is 12.8 Å². The number of aliphatic hydroxyl groups excluding tert-OH is 6. The molecule has 0 saturated carbocycles. The summed E-state index contributed by atoms with van der Waals surface area (Å²) in [6.45, 7) is 14.3. The maximum atomic E-state index is 11.3. The van der Waals surface area contributed by atoms with E-state index in [1.807, 2.05) is 24.3 Å². The van der Waals surface area contributed by atoms with E-state index in [2.05, 4.69) is 72.7 Å². The van der Waals surface area contributed by atoms with Crippen molar-refractivity contribution in [3.63, 3.8) is 0 Å². The van der Waals surface area contributed by atoms with Crippen LogP contribution in [0.3, 0.4) is 0 Å². The van der Waals surface area contributed by atoms with Gasteiger partial charge < -0.3 is 30.6 Å². The second-order valence-electron chi connectivity index (χ2n) is 13.0. The van der Waals surface area contributed by atoms with Gasteiger partial charge in [0.1, 0.15) is 24.4 Å². The van der Waals surface area contributed by atoms with Crippen molar-refractivity contribution in [2.75, 3.05) is 6.61 Å². The molecule has 0 spiro atoms. The fraction of sp³-hybridized carbons (Fsp3) is 0.625. The molecule has 0 saturated heterocycles. The van der Waals surface area contributed by atoms with Gasteiger partial charge in [0.2, 0.25) is 0 Å². The topological polar surface area (TPSA) is 121 Å². The van der Waals surface area contributed by atoms with Gasteiger partial charge in [0, 0.05) is 0 Å². The highest BCUT2D eigenvalue weighted by molar-refractivity contribution is 5.34. The molecule has 0 aliphatic heterocycles. The van der Waals surface area contributed by atoms with Crippen LogP contribution in [-0.4, -0.2) is 67.8 Å². The van der Waals surface area contributed by atoms with Gasteiger partial charge in [-0.1, -0.05) is 97.0 Å². The molecule has 2 aromatic rings. The number of hydrogen-bond donors (Lipinski definition) is 6. The average Bonchev–Trinajstić information content (AvgIpc) is 2.85. The highest BCUT2D eigenvalue weighted by Crippen LogP contribution is 2.33. The van der Waals surface area contributed by atoms with Crippen molar-refractivity contribution in [1.82, 2.24) is 0 Å². The molecule has 38 heavy (non-hydrogen) atoms. The summed E-state index contributed by atoms with van der Waals surface area (Å²) in [5.74, 6) is -0.282. The summed E-state index contributed by atoms with van der Waals surface area (Å²) >= 11 is 0. The molecule has 6 heteroatoms. The lowest BCUT2D eigenvalue weighted by Crippen LogP contribution is -2.52. The number of aliphatic hydroxyl groups is 6. The Morgan fingerprint density at radius 1 is 0.605 bits per heavy atom. The SMILES string of the molecule is CC(Cc1ccccc1C(C)(C)C)CC(Cc1ccccc1C(C)(C)C)C(O)[C@@H](O)[C@@H](O)[C@H](O)[C@@H](O)CO. The summed E-state index contributed by atoms with van der Waals surface area (Å²) in [5.41, 5.74) is 4.60. The molecule has 0 bridgehead atoms. The van der Waals surface area contributed by atoms with E-state index < -0.39 is 43.0 Å². The van der Waals surface area contributed by atoms with E-state index in [9.17, 15) is 25.5 Å². The molecular formula is C32H50O6. The second-order valence-corrected chi connectivity index (χ2v) is 13.0. The number of rotatable bonds is 12. The predicted molar refractivity (Wildman–Crippen MR) is 152 cm³/mol. The first-order chi connectivity index (χ1) is 17.6. The zero-order valence-corrected chi connectivity index (χ0v) is 24.2. The van der Waals surface area contributed by atoms with Gasteiger partial charge in [-0.3, -0.25) is 0 Å². The highest BCUT2D eigenvalue weighted by Gasteiger charge is 2.38. The Balaban J connectivity index is 2.38. The van der Waals surface area contributed by atoms with E-state index in [0.717, 1.165) is 17.5 Å². The first kappa shape index (κ1) is 32.4. The quantitative estimate of drug-likeness (QED) is 0.250. The molecular weight excluding hydrogens is 480 g/mol. The molecule has 0 amide bonds. The highest BCUT2D eigenvalue weighted by atomic mass is 16.4. The molecule has 0 aromatic heterocycles. The maximum absolute atomic E-state index is 11.3. The van der Waals surface area contributed by atoms with Crippen LogP contribution in [0.15, 0.2) is 48.5 Å². The Morgan fingerprint density at radius 3 is 1.47 bits per heavy atom. The van der Waals surface area contributed by atoms with Gasteiger partial charge >= 0.3 is 0 Å². The van der Waals surface area contributed by atoms with E-state index in [-0.39, 0.29) is 16.7 Å². The molecule has 0 heterocycles. The molecule has 2 aromatic carbocycles. The van der Waals surface area contributed by atoms with Gasteiger partial charge in [-0.25, -0.2) is 0 Å². The van der Waals surface area contributed by atoms with Crippen LogP contribution in [0.2, 0.25) is 0 Å². The molecule has 7 atom stereocenters. The third-order valence-electron chi connectivity index (χ3n) is 7.52. The molecule has 0 aliphatic rings. The summed E-state index contributed by atoms with van der Waals surface area (Å²) in [6, 6.07) is 16.5. The summed E-state index contributed by atoms with van der Waals surface area (Å²) < 4.78 is 0. The van der Waals surface area contributed by atoms with Gasteiger partial charge in [-0.15, -0.1) is 0 Å². The predicted octanol–water partition coefficient (Wildman–Crippen LogP) is 3.51. The molecule has 2 rings (SSSR count).